The second-order valence-electron chi connectivity index (χ2n) is 8.14. The monoisotopic (exact) mass is 467 g/mol. The van der Waals surface area contributed by atoms with E-state index in [1.165, 1.54) is 0 Å². The minimum absolute atomic E-state index is 0.149. The zero-order valence-electron chi connectivity index (χ0n) is 18.7. The van der Waals surface area contributed by atoms with Crippen molar-refractivity contribution >= 4 is 15.7 Å². The van der Waals surface area contributed by atoms with E-state index in [0.717, 1.165) is 24.0 Å². The van der Waals surface area contributed by atoms with Crippen LogP contribution in [0.2, 0.25) is 0 Å². The average Bonchev–Trinajstić information content (AvgIpc) is 2.84. The smallest absolute Gasteiger partial charge is 0.237 e. The van der Waals surface area contributed by atoms with Crippen LogP contribution in [0.25, 0.3) is 0 Å². The number of benzene rings is 3. The van der Waals surface area contributed by atoms with Gasteiger partial charge in [-0.15, -0.1) is 0 Å². The van der Waals surface area contributed by atoms with Crippen molar-refractivity contribution in [3.63, 3.8) is 0 Å². The van der Waals surface area contributed by atoms with Gasteiger partial charge in [-0.3, -0.25) is 4.72 Å². The van der Waals surface area contributed by atoms with Gasteiger partial charge in [-0.05, 0) is 28.8 Å². The number of rotatable bonds is 9. The first-order chi connectivity index (χ1) is 16.0. The maximum Gasteiger partial charge on any atom is 0.237 e. The van der Waals surface area contributed by atoms with E-state index in [9.17, 15) is 8.42 Å². The van der Waals surface area contributed by atoms with Gasteiger partial charge in [0.15, 0.2) is 0 Å². The minimum Gasteiger partial charge on any atom is -0.487 e. The molecule has 174 valence electrons. The number of hydrogen-bond acceptors (Lipinski definition) is 5. The molecule has 3 aromatic carbocycles. The number of anilines is 1. The Morgan fingerprint density at radius 2 is 1.61 bits per heavy atom. The van der Waals surface area contributed by atoms with E-state index in [4.69, 9.17) is 14.2 Å². The molecule has 1 N–H and O–H groups in total. The van der Waals surface area contributed by atoms with Gasteiger partial charge in [0, 0.05) is 33.2 Å². The summed E-state index contributed by atoms with van der Waals surface area (Å²) in [6, 6.07) is 24.4. The van der Waals surface area contributed by atoms with Gasteiger partial charge in [-0.25, -0.2) is 8.42 Å². The predicted octanol–water partition coefficient (Wildman–Crippen LogP) is 4.86. The molecule has 1 fully saturated rings. The lowest BCUT2D eigenvalue weighted by atomic mass is 9.85. The van der Waals surface area contributed by atoms with Crippen LogP contribution in [0, 0.1) is 0 Å². The molecule has 0 bridgehead atoms. The fourth-order valence-corrected chi connectivity index (χ4v) is 5.29. The molecule has 1 aliphatic rings. The van der Waals surface area contributed by atoms with E-state index in [0.29, 0.717) is 36.8 Å². The van der Waals surface area contributed by atoms with Crippen LogP contribution in [0.3, 0.4) is 0 Å². The van der Waals surface area contributed by atoms with Gasteiger partial charge in [-0.2, -0.15) is 0 Å². The summed E-state index contributed by atoms with van der Waals surface area (Å²) in [6.07, 6.45) is 1.48. The molecule has 4 rings (SSSR count). The molecule has 1 saturated heterocycles. The average molecular weight is 468 g/mol. The van der Waals surface area contributed by atoms with Gasteiger partial charge in [0.1, 0.15) is 12.4 Å². The van der Waals surface area contributed by atoms with Gasteiger partial charge < -0.3 is 14.2 Å². The Morgan fingerprint density at radius 1 is 0.909 bits per heavy atom. The fraction of sp³-hybridized carbons (Fsp3) is 0.308. The van der Waals surface area contributed by atoms with Crippen LogP contribution in [-0.2, 0) is 37.5 Å². The third-order valence-corrected chi connectivity index (χ3v) is 7.13. The van der Waals surface area contributed by atoms with E-state index in [1.54, 1.807) is 25.3 Å². The molecule has 0 radical (unpaired) electrons. The summed E-state index contributed by atoms with van der Waals surface area (Å²) in [4.78, 5) is 0. The highest BCUT2D eigenvalue weighted by molar-refractivity contribution is 7.91. The summed E-state index contributed by atoms with van der Waals surface area (Å²) < 4.78 is 46.0. The Labute approximate surface area is 195 Å². The number of nitrogens with one attached hydrogen (secondary N) is 1. The molecule has 0 aromatic heterocycles. The van der Waals surface area contributed by atoms with E-state index in [2.05, 4.69) is 4.72 Å². The van der Waals surface area contributed by atoms with Crippen molar-refractivity contribution in [2.45, 2.75) is 30.8 Å². The second kappa shape index (κ2) is 10.4. The van der Waals surface area contributed by atoms with Gasteiger partial charge in [-0.1, -0.05) is 66.7 Å². The maximum atomic E-state index is 13.0. The highest BCUT2D eigenvalue weighted by Crippen LogP contribution is 2.36. The first kappa shape index (κ1) is 23.3. The maximum absolute atomic E-state index is 13.0. The van der Waals surface area contributed by atoms with Crippen LogP contribution >= 0.6 is 0 Å². The van der Waals surface area contributed by atoms with Gasteiger partial charge >= 0.3 is 0 Å². The molecule has 0 unspecified atom stereocenters. The zero-order chi connectivity index (χ0) is 23.2. The van der Waals surface area contributed by atoms with Crippen molar-refractivity contribution in [1.82, 2.24) is 0 Å². The van der Waals surface area contributed by atoms with Crippen molar-refractivity contribution in [1.29, 1.82) is 0 Å². The highest BCUT2D eigenvalue weighted by atomic mass is 32.2. The molecule has 3 aromatic rings. The molecule has 0 atom stereocenters. The molecular formula is C26H29NO5S. The van der Waals surface area contributed by atoms with Gasteiger partial charge in [0.25, 0.3) is 0 Å². The third-order valence-electron chi connectivity index (χ3n) is 5.89. The molecule has 0 aliphatic carbocycles. The van der Waals surface area contributed by atoms with E-state index in [1.807, 2.05) is 60.7 Å². The normalized spacial score (nSPS) is 15.7. The fourth-order valence-electron chi connectivity index (χ4n) is 4.09. The Morgan fingerprint density at radius 3 is 2.36 bits per heavy atom. The van der Waals surface area contributed by atoms with E-state index >= 15 is 0 Å². The van der Waals surface area contributed by atoms with Crippen LogP contribution in [0.15, 0.2) is 78.9 Å². The van der Waals surface area contributed by atoms with Crippen LogP contribution in [0.4, 0.5) is 5.69 Å². The lowest BCUT2D eigenvalue weighted by molar-refractivity contribution is -0.0948. The molecule has 0 amide bonds. The van der Waals surface area contributed by atoms with Crippen molar-refractivity contribution in [2.24, 2.45) is 0 Å². The number of hydrogen-bond donors (Lipinski definition) is 1. The summed E-state index contributed by atoms with van der Waals surface area (Å²) in [7, 11) is -1.97. The topological polar surface area (TPSA) is 73.9 Å². The quantitative estimate of drug-likeness (QED) is 0.487. The van der Waals surface area contributed by atoms with Crippen molar-refractivity contribution in [3.8, 4) is 5.75 Å². The van der Waals surface area contributed by atoms with Crippen LogP contribution in [0.5, 0.6) is 5.75 Å². The van der Waals surface area contributed by atoms with Gasteiger partial charge in [0.05, 0.1) is 17.0 Å². The first-order valence-corrected chi connectivity index (χ1v) is 12.6. The van der Waals surface area contributed by atoms with E-state index < -0.39 is 15.6 Å². The van der Waals surface area contributed by atoms with Crippen LogP contribution in [0.1, 0.15) is 29.5 Å². The summed E-state index contributed by atoms with van der Waals surface area (Å²) >= 11 is 0. The Bertz CT molecular complexity index is 1160. The molecule has 0 saturated carbocycles. The number of methoxy groups -OCH3 is 1. The Hall–Kier alpha value is -2.87. The van der Waals surface area contributed by atoms with E-state index in [-0.39, 0.29) is 5.75 Å². The summed E-state index contributed by atoms with van der Waals surface area (Å²) in [5, 5.41) is 0. The van der Waals surface area contributed by atoms with Crippen molar-refractivity contribution < 1.29 is 22.6 Å². The molecule has 6 nitrogen and oxygen atoms in total. The molecule has 1 heterocycles. The second-order valence-corrected chi connectivity index (χ2v) is 9.87. The Balaban J connectivity index is 1.48. The predicted molar refractivity (Wildman–Crippen MR) is 129 cm³/mol. The first-order valence-electron chi connectivity index (χ1n) is 11.0. The number of sulfonamides is 1. The lowest BCUT2D eigenvalue weighted by Gasteiger charge is -2.36. The third kappa shape index (κ3) is 5.93. The largest absolute Gasteiger partial charge is 0.487 e. The SMILES string of the molecule is COC1(c2cccc(CS(=O)(=O)Nc3ccccc3OCc3ccccc3)c2)CCOCC1. The number of para-hydroxylation sites is 2. The highest BCUT2D eigenvalue weighted by Gasteiger charge is 2.34. The summed E-state index contributed by atoms with van der Waals surface area (Å²) in [6.45, 7) is 1.60. The van der Waals surface area contributed by atoms with Crippen molar-refractivity contribution in [2.75, 3.05) is 25.0 Å². The molecule has 7 heteroatoms. The Kier molecular flexibility index (Phi) is 7.33. The summed E-state index contributed by atoms with van der Waals surface area (Å²) in [5.41, 5.74) is 2.66. The molecule has 33 heavy (non-hydrogen) atoms. The van der Waals surface area contributed by atoms with Crippen LogP contribution in [-0.4, -0.2) is 28.7 Å². The van der Waals surface area contributed by atoms with Crippen LogP contribution < -0.4 is 9.46 Å². The van der Waals surface area contributed by atoms with Crippen molar-refractivity contribution in [3.05, 3.63) is 95.6 Å². The zero-order valence-corrected chi connectivity index (χ0v) is 19.5. The molecular weight excluding hydrogens is 438 g/mol. The standard InChI is InChI=1S/C26H29NO5S/c1-30-26(14-16-31-17-15-26)23-11-7-10-22(18-23)20-33(28,29)27-24-12-5-6-13-25(24)32-19-21-8-3-2-4-9-21/h2-13,18,27H,14-17,19-20H2,1H3. The molecule has 1 aliphatic heterocycles. The minimum atomic E-state index is -3.66. The lowest BCUT2D eigenvalue weighted by Crippen LogP contribution is -2.35. The van der Waals surface area contributed by atoms with Gasteiger partial charge in [0.2, 0.25) is 10.0 Å². The number of ether oxygens (including phenoxy) is 3. The molecule has 0 spiro atoms. The summed E-state index contributed by atoms with van der Waals surface area (Å²) in [5.74, 6) is 0.337.